The van der Waals surface area contributed by atoms with Crippen LogP contribution in [0.3, 0.4) is 0 Å². The number of ether oxygens (including phenoxy) is 1. The van der Waals surface area contributed by atoms with Crippen LogP contribution in [0.4, 0.5) is 4.39 Å². The summed E-state index contributed by atoms with van der Waals surface area (Å²) in [5, 5.41) is 5.85. The minimum absolute atomic E-state index is 0.0479. The molecule has 1 aliphatic heterocycles. The first-order valence-electron chi connectivity index (χ1n) is 8.71. The second kappa shape index (κ2) is 9.85. The molecule has 26 heavy (non-hydrogen) atoms. The molecule has 1 unspecified atom stereocenters. The Morgan fingerprint density at radius 2 is 2.27 bits per heavy atom. The van der Waals surface area contributed by atoms with Gasteiger partial charge in [-0.2, -0.15) is 0 Å². The molecule has 2 amide bonds. The largest absolute Gasteiger partial charge is 0.377 e. The summed E-state index contributed by atoms with van der Waals surface area (Å²) in [6, 6.07) is 3.60. The van der Waals surface area contributed by atoms with Crippen molar-refractivity contribution in [2.75, 3.05) is 26.2 Å². The van der Waals surface area contributed by atoms with E-state index in [0.717, 1.165) is 5.56 Å². The number of carbonyl (C=O) groups is 2. The summed E-state index contributed by atoms with van der Waals surface area (Å²) in [6.45, 7) is 6.14. The Morgan fingerprint density at radius 1 is 1.50 bits per heavy atom. The van der Waals surface area contributed by atoms with Crippen molar-refractivity contribution in [1.29, 1.82) is 0 Å². The van der Waals surface area contributed by atoms with Gasteiger partial charge in [0.15, 0.2) is 0 Å². The predicted molar refractivity (Wildman–Crippen MR) is 97.3 cm³/mol. The summed E-state index contributed by atoms with van der Waals surface area (Å²) < 4.78 is 18.6. The summed E-state index contributed by atoms with van der Waals surface area (Å²) >= 11 is 6.09. The van der Waals surface area contributed by atoms with Crippen LogP contribution >= 0.6 is 11.6 Å². The average Bonchev–Trinajstić information content (AvgIpc) is 2.57. The molecule has 1 aliphatic rings. The molecule has 1 aromatic carbocycles. The number of nitrogens with zero attached hydrogens (tertiary/aromatic N) is 1. The van der Waals surface area contributed by atoms with E-state index in [-0.39, 0.29) is 24.3 Å². The topological polar surface area (TPSA) is 70.7 Å². The Bertz CT molecular complexity index is 642. The van der Waals surface area contributed by atoms with Crippen LogP contribution in [0.5, 0.6) is 0 Å². The van der Waals surface area contributed by atoms with E-state index in [1.165, 1.54) is 12.1 Å². The van der Waals surface area contributed by atoms with Crippen molar-refractivity contribution < 1.29 is 18.7 Å². The van der Waals surface area contributed by atoms with Gasteiger partial charge in [0.2, 0.25) is 11.8 Å². The van der Waals surface area contributed by atoms with Crippen molar-refractivity contribution in [2.24, 2.45) is 0 Å². The minimum Gasteiger partial charge on any atom is -0.377 e. The molecule has 1 saturated heterocycles. The fraction of sp³-hybridized carbons (Fsp3) is 0.556. The number of nitrogens with one attached hydrogen (secondary N) is 2. The summed E-state index contributed by atoms with van der Waals surface area (Å²) in [4.78, 5) is 26.3. The molecule has 1 fully saturated rings. The minimum atomic E-state index is -0.587. The fourth-order valence-electron chi connectivity index (χ4n) is 2.77. The smallest absolute Gasteiger partial charge is 0.237 e. The highest BCUT2D eigenvalue weighted by atomic mass is 35.5. The molecular formula is C18H25ClFN3O3. The summed E-state index contributed by atoms with van der Waals surface area (Å²) in [6.07, 6.45) is 0.152. The monoisotopic (exact) mass is 385 g/mol. The number of halogens is 2. The van der Waals surface area contributed by atoms with Crippen molar-refractivity contribution in [2.45, 2.75) is 39.0 Å². The number of carbonyl (C=O) groups excluding carboxylic acids is 2. The molecule has 2 N–H and O–H groups in total. The second-order valence-electron chi connectivity index (χ2n) is 6.49. The highest BCUT2D eigenvalue weighted by Crippen LogP contribution is 2.21. The van der Waals surface area contributed by atoms with E-state index < -0.39 is 11.9 Å². The molecule has 1 atom stereocenters. The number of rotatable bonds is 8. The van der Waals surface area contributed by atoms with E-state index in [0.29, 0.717) is 37.8 Å². The molecule has 0 saturated carbocycles. The van der Waals surface area contributed by atoms with Crippen LogP contribution in [-0.4, -0.2) is 55.1 Å². The lowest BCUT2D eigenvalue weighted by Gasteiger charge is -2.34. The highest BCUT2D eigenvalue weighted by molar-refractivity contribution is 6.31. The lowest BCUT2D eigenvalue weighted by atomic mass is 10.1. The normalized spacial score (nSPS) is 18.0. The highest BCUT2D eigenvalue weighted by Gasteiger charge is 2.31. The zero-order valence-corrected chi connectivity index (χ0v) is 15.8. The number of hydrogen-bond acceptors (Lipinski definition) is 4. The molecule has 144 valence electrons. The van der Waals surface area contributed by atoms with Crippen molar-refractivity contribution in [3.63, 3.8) is 0 Å². The van der Waals surface area contributed by atoms with Gasteiger partial charge in [0.1, 0.15) is 5.82 Å². The average molecular weight is 386 g/mol. The molecule has 0 radical (unpaired) electrons. The standard InChI is InChI=1S/C18H25ClFN3O3/c1-12(2)26-8-6-21-17(24)10-16-18(25)22-5-7-23(16)11-13-3-4-14(20)9-15(13)19/h3-4,9,12,16H,5-8,10-11H2,1-2H3,(H,21,24)(H,22,25). The molecule has 1 aromatic rings. The maximum Gasteiger partial charge on any atom is 0.237 e. The van der Waals surface area contributed by atoms with E-state index in [2.05, 4.69) is 10.6 Å². The summed E-state index contributed by atoms with van der Waals surface area (Å²) in [7, 11) is 0. The van der Waals surface area contributed by atoms with Crippen LogP contribution in [0, 0.1) is 5.82 Å². The van der Waals surface area contributed by atoms with Crippen LogP contribution in [0.2, 0.25) is 5.02 Å². The Kier molecular flexibility index (Phi) is 7.81. The van der Waals surface area contributed by atoms with Crippen LogP contribution in [0.25, 0.3) is 0 Å². The number of amides is 2. The van der Waals surface area contributed by atoms with Gasteiger partial charge in [0, 0.05) is 31.2 Å². The third-order valence-corrected chi connectivity index (χ3v) is 4.44. The first-order chi connectivity index (χ1) is 12.4. The first kappa shape index (κ1) is 20.6. The van der Waals surface area contributed by atoms with Gasteiger partial charge in [-0.05, 0) is 31.5 Å². The van der Waals surface area contributed by atoms with E-state index in [1.807, 2.05) is 18.7 Å². The van der Waals surface area contributed by atoms with Gasteiger partial charge in [-0.25, -0.2) is 4.39 Å². The van der Waals surface area contributed by atoms with Gasteiger partial charge in [-0.15, -0.1) is 0 Å². The first-order valence-corrected chi connectivity index (χ1v) is 9.08. The van der Waals surface area contributed by atoms with Crippen LogP contribution in [0.15, 0.2) is 18.2 Å². The van der Waals surface area contributed by atoms with Gasteiger partial charge in [0.05, 0.1) is 25.2 Å². The van der Waals surface area contributed by atoms with Crippen LogP contribution in [0.1, 0.15) is 25.8 Å². The molecule has 1 heterocycles. The van der Waals surface area contributed by atoms with E-state index in [4.69, 9.17) is 16.3 Å². The molecule has 2 rings (SSSR count). The quantitative estimate of drug-likeness (QED) is 0.668. The van der Waals surface area contributed by atoms with Crippen molar-refractivity contribution >= 4 is 23.4 Å². The molecule has 8 heteroatoms. The Morgan fingerprint density at radius 3 is 2.96 bits per heavy atom. The summed E-state index contributed by atoms with van der Waals surface area (Å²) in [5.41, 5.74) is 0.721. The molecule has 6 nitrogen and oxygen atoms in total. The SMILES string of the molecule is CC(C)OCCNC(=O)CC1C(=O)NCCN1Cc1ccc(F)cc1Cl. The summed E-state index contributed by atoms with van der Waals surface area (Å²) in [5.74, 6) is -0.813. The number of benzene rings is 1. The van der Waals surface area contributed by atoms with Gasteiger partial charge in [0.25, 0.3) is 0 Å². The number of piperazine rings is 1. The Hall–Kier alpha value is -1.70. The third kappa shape index (κ3) is 6.23. The van der Waals surface area contributed by atoms with Crippen molar-refractivity contribution in [3.05, 3.63) is 34.6 Å². The predicted octanol–water partition coefficient (Wildman–Crippen LogP) is 1.71. The molecule has 0 spiro atoms. The Labute approximate surface area is 158 Å². The van der Waals surface area contributed by atoms with Crippen molar-refractivity contribution in [1.82, 2.24) is 15.5 Å². The van der Waals surface area contributed by atoms with Gasteiger partial charge in [-0.1, -0.05) is 17.7 Å². The molecular weight excluding hydrogens is 361 g/mol. The lowest BCUT2D eigenvalue weighted by Crippen LogP contribution is -2.56. The van der Waals surface area contributed by atoms with E-state index in [1.54, 1.807) is 6.07 Å². The second-order valence-corrected chi connectivity index (χ2v) is 6.89. The van der Waals surface area contributed by atoms with Gasteiger partial charge in [-0.3, -0.25) is 14.5 Å². The van der Waals surface area contributed by atoms with Crippen molar-refractivity contribution in [3.8, 4) is 0 Å². The van der Waals surface area contributed by atoms with E-state index in [9.17, 15) is 14.0 Å². The van der Waals surface area contributed by atoms with Crippen LogP contribution < -0.4 is 10.6 Å². The zero-order valence-electron chi connectivity index (χ0n) is 15.1. The molecule has 0 aromatic heterocycles. The molecule has 0 aliphatic carbocycles. The number of hydrogen-bond donors (Lipinski definition) is 2. The van der Waals surface area contributed by atoms with Gasteiger partial charge >= 0.3 is 0 Å². The Balaban J connectivity index is 1.94. The maximum absolute atomic E-state index is 13.2. The van der Waals surface area contributed by atoms with Gasteiger partial charge < -0.3 is 15.4 Å². The van der Waals surface area contributed by atoms with Crippen LogP contribution in [-0.2, 0) is 20.9 Å². The fourth-order valence-corrected chi connectivity index (χ4v) is 3.00. The lowest BCUT2D eigenvalue weighted by molar-refractivity contribution is -0.134. The van der Waals surface area contributed by atoms with E-state index >= 15 is 0 Å². The zero-order chi connectivity index (χ0) is 19.1. The molecule has 0 bridgehead atoms. The third-order valence-electron chi connectivity index (χ3n) is 4.08. The maximum atomic E-state index is 13.2.